The van der Waals surface area contributed by atoms with Gasteiger partial charge in [-0.3, -0.25) is 13.9 Å². The number of carbonyl (C=O) groups is 1. The minimum Gasteiger partial charge on any atom is -0.496 e. The number of amides is 1. The first-order valence-corrected chi connectivity index (χ1v) is 14.2. The van der Waals surface area contributed by atoms with Crippen LogP contribution >= 0.6 is 11.3 Å². The van der Waals surface area contributed by atoms with E-state index in [9.17, 15) is 18.8 Å². The molecule has 0 atom stereocenters. The summed E-state index contributed by atoms with van der Waals surface area (Å²) in [5.74, 6) is 0.605. The summed E-state index contributed by atoms with van der Waals surface area (Å²) in [5, 5.41) is 3.94. The molecule has 1 aliphatic rings. The molecule has 11 nitrogen and oxygen atoms in total. The average Bonchev–Trinajstić information content (AvgIpc) is 3.58. The summed E-state index contributed by atoms with van der Waals surface area (Å²) < 4.78 is 33.2. The van der Waals surface area contributed by atoms with Crippen LogP contribution in [-0.2, 0) is 17.7 Å². The molecule has 1 aromatic carbocycles. The molecule has 5 rings (SSSR count). The van der Waals surface area contributed by atoms with E-state index >= 15 is 0 Å². The summed E-state index contributed by atoms with van der Waals surface area (Å²) in [6, 6.07) is 5.47. The Labute approximate surface area is 239 Å². The number of aromatic nitrogens is 4. The first kappa shape index (κ1) is 28.5. The van der Waals surface area contributed by atoms with E-state index in [1.165, 1.54) is 39.7 Å². The van der Waals surface area contributed by atoms with Crippen molar-refractivity contribution in [2.45, 2.75) is 65.1 Å². The SMILES string of the molecule is CCc1noc(Cn2c(=O)n(C3CCN(C(=O)OC(C)(C)C)CC3)c(=O)c3sc(-c4ccc(F)cc4OC)cc32)n1. The van der Waals surface area contributed by atoms with Gasteiger partial charge in [-0.05, 0) is 51.8 Å². The molecule has 0 unspecified atom stereocenters. The second kappa shape index (κ2) is 11.1. The maximum atomic E-state index is 14.0. The Bertz CT molecular complexity index is 1710. The maximum Gasteiger partial charge on any atom is 0.410 e. The van der Waals surface area contributed by atoms with Crippen LogP contribution in [0.25, 0.3) is 20.7 Å². The highest BCUT2D eigenvalue weighted by molar-refractivity contribution is 7.22. The van der Waals surface area contributed by atoms with E-state index in [2.05, 4.69) is 10.1 Å². The lowest BCUT2D eigenvalue weighted by Gasteiger charge is -2.33. The van der Waals surface area contributed by atoms with Crippen LogP contribution in [0, 0.1) is 5.82 Å². The van der Waals surface area contributed by atoms with Crippen LogP contribution in [0.1, 0.15) is 58.3 Å². The molecule has 1 aliphatic heterocycles. The number of aryl methyl sites for hydroxylation is 1. The van der Waals surface area contributed by atoms with Gasteiger partial charge in [0.25, 0.3) is 5.56 Å². The van der Waals surface area contributed by atoms with Crippen LogP contribution in [0.15, 0.2) is 38.4 Å². The zero-order valence-corrected chi connectivity index (χ0v) is 24.4. The fraction of sp³-hybridized carbons (Fsp3) is 0.464. The van der Waals surface area contributed by atoms with Gasteiger partial charge in [-0.1, -0.05) is 12.1 Å². The fourth-order valence-electron chi connectivity index (χ4n) is 4.91. The van der Waals surface area contributed by atoms with E-state index in [0.717, 1.165) is 0 Å². The van der Waals surface area contributed by atoms with Gasteiger partial charge in [0.05, 0.1) is 12.6 Å². The summed E-state index contributed by atoms with van der Waals surface area (Å²) in [6.07, 6.45) is 0.959. The van der Waals surface area contributed by atoms with Gasteiger partial charge in [0.1, 0.15) is 28.4 Å². The summed E-state index contributed by atoms with van der Waals surface area (Å²) >= 11 is 1.20. The van der Waals surface area contributed by atoms with Gasteiger partial charge in [-0.15, -0.1) is 11.3 Å². The molecule has 0 radical (unpaired) electrons. The second-order valence-corrected chi connectivity index (χ2v) is 11.9. The Kier molecular flexibility index (Phi) is 7.73. The normalized spacial score (nSPS) is 14.5. The summed E-state index contributed by atoms with van der Waals surface area (Å²) in [4.78, 5) is 47.0. The molecule has 3 aromatic heterocycles. The highest BCUT2D eigenvalue weighted by atomic mass is 32.1. The minimum atomic E-state index is -0.625. The molecule has 218 valence electrons. The molecule has 13 heteroatoms. The van der Waals surface area contributed by atoms with E-state index in [4.69, 9.17) is 14.0 Å². The number of hydrogen-bond acceptors (Lipinski definition) is 9. The molecule has 0 bridgehead atoms. The number of likely N-dealkylation sites (tertiary alicyclic amines) is 1. The number of nitrogens with zero attached hydrogens (tertiary/aromatic N) is 5. The Balaban J connectivity index is 1.58. The molecule has 0 spiro atoms. The topological polar surface area (TPSA) is 122 Å². The van der Waals surface area contributed by atoms with Gasteiger partial charge < -0.3 is 18.9 Å². The van der Waals surface area contributed by atoms with Crippen molar-refractivity contribution in [3.8, 4) is 16.2 Å². The fourth-order valence-corrected chi connectivity index (χ4v) is 6.04. The quantitative estimate of drug-likeness (QED) is 0.322. The molecule has 0 N–H and O–H groups in total. The van der Waals surface area contributed by atoms with Crippen molar-refractivity contribution in [1.29, 1.82) is 0 Å². The highest BCUT2D eigenvalue weighted by Crippen LogP contribution is 2.37. The predicted molar refractivity (Wildman–Crippen MR) is 151 cm³/mol. The maximum absolute atomic E-state index is 14.0. The number of thiophene rings is 1. The molecule has 1 fully saturated rings. The smallest absolute Gasteiger partial charge is 0.410 e. The van der Waals surface area contributed by atoms with Crippen LogP contribution in [-0.4, -0.2) is 56.1 Å². The van der Waals surface area contributed by atoms with Crippen molar-refractivity contribution in [1.82, 2.24) is 24.2 Å². The molecule has 41 heavy (non-hydrogen) atoms. The highest BCUT2D eigenvalue weighted by Gasteiger charge is 2.30. The van der Waals surface area contributed by atoms with Crippen molar-refractivity contribution >= 4 is 27.6 Å². The van der Waals surface area contributed by atoms with E-state index in [1.807, 2.05) is 6.92 Å². The molecule has 4 heterocycles. The van der Waals surface area contributed by atoms with Crippen LogP contribution in [0.4, 0.5) is 9.18 Å². The largest absolute Gasteiger partial charge is 0.496 e. The van der Waals surface area contributed by atoms with Crippen molar-refractivity contribution in [3.63, 3.8) is 0 Å². The van der Waals surface area contributed by atoms with Crippen molar-refractivity contribution < 1.29 is 23.2 Å². The number of fused-ring (bicyclic) bond motifs is 1. The minimum absolute atomic E-state index is 0.0317. The van der Waals surface area contributed by atoms with Crippen LogP contribution in [0.2, 0.25) is 0 Å². The standard InChI is InChI=1S/C28H32FN5O6S/c1-6-22-30-23(40-31-22)15-33-19-14-21(18-8-7-16(29)13-20(18)38-5)41-24(19)25(35)34(26(33)36)17-9-11-32(12-10-17)27(37)39-28(2,3)4/h7-8,13-14,17H,6,9-12,15H2,1-5H3. The van der Waals surface area contributed by atoms with Crippen LogP contribution in [0.3, 0.4) is 0 Å². The summed E-state index contributed by atoms with van der Waals surface area (Å²) in [7, 11) is 1.44. The molecule has 0 saturated carbocycles. The molecule has 4 aromatic rings. The number of carbonyl (C=O) groups excluding carboxylic acids is 1. The number of rotatable bonds is 6. The van der Waals surface area contributed by atoms with Gasteiger partial charge in [-0.25, -0.2) is 14.0 Å². The Morgan fingerprint density at radius 1 is 1.20 bits per heavy atom. The molecule has 1 saturated heterocycles. The average molecular weight is 586 g/mol. The van der Waals surface area contributed by atoms with Gasteiger partial charge in [-0.2, -0.15) is 4.98 Å². The Morgan fingerprint density at radius 2 is 1.93 bits per heavy atom. The van der Waals surface area contributed by atoms with Gasteiger partial charge in [0, 0.05) is 42.1 Å². The van der Waals surface area contributed by atoms with Crippen LogP contribution in [0.5, 0.6) is 5.75 Å². The van der Waals surface area contributed by atoms with Crippen LogP contribution < -0.4 is 16.0 Å². The molecule has 0 aliphatic carbocycles. The van der Waals surface area contributed by atoms with E-state index < -0.39 is 34.8 Å². The lowest BCUT2D eigenvalue weighted by molar-refractivity contribution is 0.0186. The third-order valence-corrected chi connectivity index (χ3v) is 8.03. The lowest BCUT2D eigenvalue weighted by atomic mass is 10.1. The van der Waals surface area contributed by atoms with Gasteiger partial charge >= 0.3 is 11.8 Å². The van der Waals surface area contributed by atoms with E-state index in [0.29, 0.717) is 64.6 Å². The zero-order chi connectivity index (χ0) is 29.5. The number of ether oxygens (including phenoxy) is 2. The third-order valence-electron chi connectivity index (χ3n) is 6.88. The molecular formula is C28H32FN5O6S. The van der Waals surface area contributed by atoms with Crippen molar-refractivity contribution in [3.05, 3.63) is 62.6 Å². The van der Waals surface area contributed by atoms with Crippen molar-refractivity contribution in [2.24, 2.45) is 0 Å². The third kappa shape index (κ3) is 5.76. The van der Waals surface area contributed by atoms with Gasteiger partial charge in [0.2, 0.25) is 5.89 Å². The lowest BCUT2D eigenvalue weighted by Crippen LogP contribution is -2.47. The number of methoxy groups -OCH3 is 1. The van der Waals surface area contributed by atoms with E-state index in [-0.39, 0.29) is 12.4 Å². The number of hydrogen-bond donors (Lipinski definition) is 0. The number of benzene rings is 1. The van der Waals surface area contributed by atoms with Crippen molar-refractivity contribution in [2.75, 3.05) is 20.2 Å². The second-order valence-electron chi connectivity index (χ2n) is 10.9. The zero-order valence-electron chi connectivity index (χ0n) is 23.6. The predicted octanol–water partition coefficient (Wildman–Crippen LogP) is 4.61. The van der Waals surface area contributed by atoms with Gasteiger partial charge in [0.15, 0.2) is 5.82 Å². The Morgan fingerprint density at radius 3 is 2.56 bits per heavy atom. The van der Waals surface area contributed by atoms with E-state index in [1.54, 1.807) is 37.8 Å². The first-order valence-electron chi connectivity index (χ1n) is 13.4. The number of halogens is 1. The molecule has 1 amide bonds. The number of piperidine rings is 1. The first-order chi connectivity index (χ1) is 19.5. The summed E-state index contributed by atoms with van der Waals surface area (Å²) in [6.45, 7) is 7.96. The molecular weight excluding hydrogens is 553 g/mol. The summed E-state index contributed by atoms with van der Waals surface area (Å²) in [5.41, 5.74) is -0.555. The monoisotopic (exact) mass is 585 g/mol. The Hall–Kier alpha value is -4.00.